The molecule has 5 heteroatoms. The molecule has 0 bridgehead atoms. The van der Waals surface area contributed by atoms with Crippen LogP contribution in [0.3, 0.4) is 0 Å². The van der Waals surface area contributed by atoms with E-state index in [1.807, 2.05) is 56.0 Å². The molecule has 152 valence electrons. The van der Waals surface area contributed by atoms with Crippen molar-refractivity contribution in [3.63, 3.8) is 0 Å². The number of thiocarbonyl (C=S) groups is 1. The van der Waals surface area contributed by atoms with Gasteiger partial charge in [-0.25, -0.2) is 0 Å². The van der Waals surface area contributed by atoms with E-state index in [2.05, 4.69) is 24.4 Å². The minimum atomic E-state index is -0.247. The molecule has 0 saturated heterocycles. The van der Waals surface area contributed by atoms with Crippen LogP contribution in [-0.4, -0.2) is 22.3 Å². The van der Waals surface area contributed by atoms with Crippen molar-refractivity contribution in [2.45, 2.75) is 47.1 Å². The van der Waals surface area contributed by atoms with Crippen LogP contribution in [0.4, 0.5) is 0 Å². The van der Waals surface area contributed by atoms with Crippen LogP contribution >= 0.6 is 12.2 Å². The number of hydrogen-bond donors (Lipinski definition) is 1. The summed E-state index contributed by atoms with van der Waals surface area (Å²) in [6.45, 7) is 10.6. The summed E-state index contributed by atoms with van der Waals surface area (Å²) >= 11 is 5.57. The van der Waals surface area contributed by atoms with E-state index in [9.17, 15) is 4.79 Å². The first kappa shape index (κ1) is 21.1. The monoisotopic (exact) mass is 408 g/mol. The van der Waals surface area contributed by atoms with Crippen LogP contribution in [-0.2, 0) is 4.79 Å². The molecule has 1 N–H and O–H groups in total. The summed E-state index contributed by atoms with van der Waals surface area (Å²) in [6, 6.07) is 13.8. The smallest absolute Gasteiger partial charge is 0.173 e. The molecular formula is C24H28N2O2S. The Morgan fingerprint density at radius 3 is 2.45 bits per heavy atom. The van der Waals surface area contributed by atoms with Crippen LogP contribution < -0.4 is 10.1 Å². The lowest BCUT2D eigenvalue weighted by Crippen LogP contribution is -2.47. The van der Waals surface area contributed by atoms with Crippen molar-refractivity contribution in [1.29, 1.82) is 0 Å². The summed E-state index contributed by atoms with van der Waals surface area (Å²) in [5.41, 5.74) is 4.93. The second-order valence-electron chi connectivity index (χ2n) is 7.53. The van der Waals surface area contributed by atoms with Crippen molar-refractivity contribution in [2.75, 3.05) is 6.54 Å². The first-order chi connectivity index (χ1) is 13.8. The number of carbonyl (C=O) groups excluding carboxylic acids is 1. The van der Waals surface area contributed by atoms with Gasteiger partial charge in [-0.3, -0.25) is 4.79 Å². The van der Waals surface area contributed by atoms with E-state index in [0.29, 0.717) is 5.11 Å². The molecule has 0 aromatic heterocycles. The molecule has 29 heavy (non-hydrogen) atoms. The third kappa shape index (κ3) is 4.51. The van der Waals surface area contributed by atoms with E-state index < -0.39 is 0 Å². The molecule has 2 aromatic carbocycles. The molecular weight excluding hydrogens is 380 g/mol. The van der Waals surface area contributed by atoms with Gasteiger partial charge in [0.25, 0.3) is 0 Å². The molecule has 1 aliphatic rings. The number of Topliss-reactive ketones (excluding diaryl/α,β-unsaturated/α-hetero) is 1. The molecule has 1 atom stereocenters. The molecule has 1 heterocycles. The zero-order valence-corrected chi connectivity index (χ0v) is 18.5. The quantitative estimate of drug-likeness (QED) is 0.630. The number of ketones is 1. The predicted octanol–water partition coefficient (Wildman–Crippen LogP) is 5.60. The van der Waals surface area contributed by atoms with E-state index in [1.54, 1.807) is 6.92 Å². The average Bonchev–Trinajstić information content (AvgIpc) is 2.68. The van der Waals surface area contributed by atoms with Crippen molar-refractivity contribution >= 4 is 23.1 Å². The molecule has 0 saturated carbocycles. The van der Waals surface area contributed by atoms with Crippen molar-refractivity contribution in [3.8, 4) is 11.5 Å². The molecule has 0 aliphatic carbocycles. The summed E-state index contributed by atoms with van der Waals surface area (Å²) in [6.07, 6.45) is 0.958. The molecule has 1 aliphatic heterocycles. The van der Waals surface area contributed by atoms with Crippen LogP contribution in [0, 0.1) is 13.8 Å². The second kappa shape index (κ2) is 8.78. The minimum absolute atomic E-state index is 0.0549. The number of rotatable bonds is 6. The number of allylic oxidation sites excluding steroid dienone is 1. The van der Waals surface area contributed by atoms with Gasteiger partial charge in [-0.1, -0.05) is 31.2 Å². The Bertz CT molecular complexity index is 963. The normalized spacial score (nSPS) is 16.7. The van der Waals surface area contributed by atoms with Crippen LogP contribution in [0.15, 0.2) is 53.7 Å². The minimum Gasteiger partial charge on any atom is -0.457 e. The van der Waals surface area contributed by atoms with Gasteiger partial charge in [-0.2, -0.15) is 0 Å². The number of nitrogens with one attached hydrogen (secondary N) is 1. The number of hydrogen-bond acceptors (Lipinski definition) is 3. The summed E-state index contributed by atoms with van der Waals surface area (Å²) in [4.78, 5) is 14.4. The summed E-state index contributed by atoms with van der Waals surface area (Å²) in [5.74, 6) is 1.67. The fourth-order valence-corrected chi connectivity index (χ4v) is 4.00. The topological polar surface area (TPSA) is 41.6 Å². The number of aryl methyl sites for hydroxylation is 2. The lowest BCUT2D eigenvalue weighted by Gasteiger charge is -2.37. The van der Waals surface area contributed by atoms with Gasteiger partial charge in [0, 0.05) is 17.8 Å². The lowest BCUT2D eigenvalue weighted by atomic mass is 9.92. The SMILES string of the molecule is CCCN1C(=S)NC(c2ccc(Oc3cc(C)ccc3C)cc2)C(C(C)=O)=C1C. The highest BCUT2D eigenvalue weighted by Crippen LogP contribution is 2.33. The Morgan fingerprint density at radius 1 is 1.14 bits per heavy atom. The molecule has 0 spiro atoms. The molecule has 1 unspecified atom stereocenters. The highest BCUT2D eigenvalue weighted by atomic mass is 32.1. The fourth-order valence-electron chi connectivity index (χ4n) is 3.65. The first-order valence-corrected chi connectivity index (χ1v) is 10.4. The highest BCUT2D eigenvalue weighted by molar-refractivity contribution is 7.80. The number of ether oxygens (including phenoxy) is 1. The van der Waals surface area contributed by atoms with Crippen molar-refractivity contribution < 1.29 is 9.53 Å². The zero-order chi connectivity index (χ0) is 21.1. The third-order valence-electron chi connectivity index (χ3n) is 5.21. The second-order valence-corrected chi connectivity index (χ2v) is 7.92. The summed E-state index contributed by atoms with van der Waals surface area (Å²) < 4.78 is 6.06. The Morgan fingerprint density at radius 2 is 1.83 bits per heavy atom. The Balaban J connectivity index is 1.89. The standard InChI is InChI=1S/C24H28N2O2S/c1-6-13-26-17(4)22(18(5)27)23(25-24(26)29)19-9-11-20(12-10-19)28-21-14-15(2)7-8-16(21)3/h7-12,14,23H,6,13H2,1-5H3,(H,25,29). The van der Waals surface area contributed by atoms with Gasteiger partial charge in [0.15, 0.2) is 10.9 Å². The average molecular weight is 409 g/mol. The third-order valence-corrected chi connectivity index (χ3v) is 5.55. The van der Waals surface area contributed by atoms with E-state index in [1.165, 1.54) is 0 Å². The zero-order valence-electron chi connectivity index (χ0n) is 17.7. The molecule has 2 aromatic rings. The van der Waals surface area contributed by atoms with Gasteiger partial charge in [0.2, 0.25) is 0 Å². The number of benzene rings is 2. The number of nitrogens with zero attached hydrogens (tertiary/aromatic N) is 1. The van der Waals surface area contributed by atoms with Crippen LogP contribution in [0.1, 0.15) is 49.9 Å². The Labute approximate surface area is 178 Å². The van der Waals surface area contributed by atoms with Crippen molar-refractivity contribution in [3.05, 3.63) is 70.4 Å². The van der Waals surface area contributed by atoms with Gasteiger partial charge in [-0.15, -0.1) is 0 Å². The van der Waals surface area contributed by atoms with Crippen molar-refractivity contribution in [2.24, 2.45) is 0 Å². The van der Waals surface area contributed by atoms with E-state index in [-0.39, 0.29) is 11.8 Å². The van der Waals surface area contributed by atoms with Crippen LogP contribution in [0.2, 0.25) is 0 Å². The predicted molar refractivity (Wildman–Crippen MR) is 121 cm³/mol. The maximum absolute atomic E-state index is 12.4. The van der Waals surface area contributed by atoms with Gasteiger partial charge in [-0.05, 0) is 81.2 Å². The van der Waals surface area contributed by atoms with E-state index in [0.717, 1.165) is 52.4 Å². The summed E-state index contributed by atoms with van der Waals surface area (Å²) in [5, 5.41) is 4.02. The fraction of sp³-hybridized carbons (Fsp3) is 0.333. The van der Waals surface area contributed by atoms with Gasteiger partial charge in [0.05, 0.1) is 6.04 Å². The molecule has 3 rings (SSSR count). The first-order valence-electron chi connectivity index (χ1n) is 9.96. The lowest BCUT2D eigenvalue weighted by molar-refractivity contribution is -0.114. The van der Waals surface area contributed by atoms with Gasteiger partial charge in [0.1, 0.15) is 11.5 Å². The highest BCUT2D eigenvalue weighted by Gasteiger charge is 2.31. The molecule has 0 fully saturated rings. The summed E-state index contributed by atoms with van der Waals surface area (Å²) in [7, 11) is 0. The van der Waals surface area contributed by atoms with Crippen molar-refractivity contribution in [1.82, 2.24) is 10.2 Å². The Hall–Kier alpha value is -2.66. The van der Waals surface area contributed by atoms with Crippen LogP contribution in [0.5, 0.6) is 11.5 Å². The van der Waals surface area contributed by atoms with E-state index in [4.69, 9.17) is 17.0 Å². The Kier molecular flexibility index (Phi) is 6.38. The van der Waals surface area contributed by atoms with Gasteiger partial charge >= 0.3 is 0 Å². The maximum atomic E-state index is 12.4. The van der Waals surface area contributed by atoms with Crippen LogP contribution in [0.25, 0.3) is 0 Å². The molecule has 4 nitrogen and oxygen atoms in total. The number of carbonyl (C=O) groups is 1. The molecule has 0 amide bonds. The van der Waals surface area contributed by atoms with E-state index >= 15 is 0 Å². The molecule has 0 radical (unpaired) electrons. The van der Waals surface area contributed by atoms with Gasteiger partial charge < -0.3 is 15.0 Å². The largest absolute Gasteiger partial charge is 0.457 e. The maximum Gasteiger partial charge on any atom is 0.173 e.